The quantitative estimate of drug-likeness (QED) is 0.790. The molecule has 1 aromatic carbocycles. The number of likely N-dealkylation sites (tertiary alicyclic amines) is 1. The smallest absolute Gasteiger partial charge is 0.251 e. The van der Waals surface area contributed by atoms with Gasteiger partial charge in [-0.1, -0.05) is 26.0 Å². The van der Waals surface area contributed by atoms with E-state index in [1.54, 1.807) is 7.11 Å². The topological polar surface area (TPSA) is 68.6 Å². The molecule has 0 bridgehead atoms. The van der Waals surface area contributed by atoms with Gasteiger partial charge >= 0.3 is 0 Å². The molecule has 2 aliphatic rings. The van der Waals surface area contributed by atoms with E-state index < -0.39 is 11.7 Å². The van der Waals surface area contributed by atoms with E-state index in [9.17, 15) is 4.79 Å². The number of benzene rings is 1. The summed E-state index contributed by atoms with van der Waals surface area (Å²) in [5, 5.41) is 3.03. The van der Waals surface area contributed by atoms with Crippen molar-refractivity contribution >= 4 is 5.91 Å². The van der Waals surface area contributed by atoms with E-state index in [0.717, 1.165) is 44.0 Å². The summed E-state index contributed by atoms with van der Waals surface area (Å²) in [6.07, 6.45) is 4.96. The molecule has 1 unspecified atom stereocenters. The molecule has 1 amide bonds. The summed E-state index contributed by atoms with van der Waals surface area (Å²) in [5.41, 5.74) is 0.779. The molecule has 2 aliphatic heterocycles. The van der Waals surface area contributed by atoms with Crippen LogP contribution in [0.15, 0.2) is 36.7 Å². The largest absolute Gasteiger partial charge is 0.497 e. The lowest BCUT2D eigenvalue weighted by molar-refractivity contribution is -0.174. The minimum absolute atomic E-state index is 0.0249. The fraction of sp³-hybridized carbons (Fsp3) is 0.565. The second-order valence-electron chi connectivity index (χ2n) is 8.77. The van der Waals surface area contributed by atoms with Gasteiger partial charge in [0.15, 0.2) is 6.10 Å². The van der Waals surface area contributed by atoms with Crippen molar-refractivity contribution in [1.82, 2.24) is 19.8 Å². The van der Waals surface area contributed by atoms with Gasteiger partial charge in [0.1, 0.15) is 17.2 Å². The molecular weight excluding hydrogens is 380 g/mol. The Morgan fingerprint density at radius 1 is 1.30 bits per heavy atom. The molecule has 162 valence electrons. The third kappa shape index (κ3) is 4.37. The minimum atomic E-state index is -0.488. The van der Waals surface area contributed by atoms with Crippen molar-refractivity contribution in [1.29, 1.82) is 0 Å². The van der Waals surface area contributed by atoms with Crippen molar-refractivity contribution in [3.8, 4) is 5.75 Å². The molecule has 2 aromatic rings. The maximum absolute atomic E-state index is 12.7. The molecule has 1 N–H and O–H groups in total. The SMILES string of the molecule is COc1ccc(CN2CCC3(CC2)OC(C(=O)NCC(C)C)Cn2ccnc23)cc1. The van der Waals surface area contributed by atoms with Crippen molar-refractivity contribution in [3.63, 3.8) is 0 Å². The zero-order chi connectivity index (χ0) is 21.1. The van der Waals surface area contributed by atoms with Crippen LogP contribution in [-0.2, 0) is 28.2 Å². The van der Waals surface area contributed by atoms with E-state index in [-0.39, 0.29) is 5.91 Å². The lowest BCUT2D eigenvalue weighted by atomic mass is 9.88. The number of carbonyl (C=O) groups excluding carboxylic acids is 1. The monoisotopic (exact) mass is 412 g/mol. The molecule has 30 heavy (non-hydrogen) atoms. The molecule has 7 heteroatoms. The number of rotatable bonds is 6. The third-order valence-corrected chi connectivity index (χ3v) is 6.06. The van der Waals surface area contributed by atoms with E-state index in [2.05, 4.69) is 45.7 Å². The van der Waals surface area contributed by atoms with Gasteiger partial charge in [-0.05, 0) is 36.5 Å². The number of piperidine rings is 1. The highest BCUT2D eigenvalue weighted by molar-refractivity contribution is 5.80. The van der Waals surface area contributed by atoms with Gasteiger partial charge in [-0.2, -0.15) is 0 Å². The predicted molar refractivity (Wildman–Crippen MR) is 114 cm³/mol. The number of aromatic nitrogens is 2. The van der Waals surface area contributed by atoms with Crippen molar-refractivity contribution in [2.75, 3.05) is 26.7 Å². The first-order valence-electron chi connectivity index (χ1n) is 10.8. The Morgan fingerprint density at radius 3 is 2.70 bits per heavy atom. The summed E-state index contributed by atoms with van der Waals surface area (Å²) in [6, 6.07) is 8.23. The van der Waals surface area contributed by atoms with Gasteiger partial charge in [-0.3, -0.25) is 9.69 Å². The summed E-state index contributed by atoms with van der Waals surface area (Å²) >= 11 is 0. The average molecular weight is 413 g/mol. The number of hydrogen-bond donors (Lipinski definition) is 1. The first-order valence-corrected chi connectivity index (χ1v) is 10.8. The molecule has 4 rings (SSSR count). The number of ether oxygens (including phenoxy) is 2. The van der Waals surface area contributed by atoms with Crippen LogP contribution in [0, 0.1) is 5.92 Å². The number of carbonyl (C=O) groups is 1. The zero-order valence-electron chi connectivity index (χ0n) is 18.1. The van der Waals surface area contributed by atoms with Gasteiger partial charge in [-0.15, -0.1) is 0 Å². The highest BCUT2D eigenvalue weighted by Gasteiger charge is 2.47. The summed E-state index contributed by atoms with van der Waals surface area (Å²) < 4.78 is 13.8. The molecule has 7 nitrogen and oxygen atoms in total. The van der Waals surface area contributed by atoms with Gasteiger partial charge in [0, 0.05) is 38.6 Å². The number of amides is 1. The predicted octanol–water partition coefficient (Wildman–Crippen LogP) is 2.55. The number of nitrogens with one attached hydrogen (secondary N) is 1. The van der Waals surface area contributed by atoms with E-state index in [1.165, 1.54) is 5.56 Å². The van der Waals surface area contributed by atoms with E-state index in [4.69, 9.17) is 9.47 Å². The van der Waals surface area contributed by atoms with E-state index >= 15 is 0 Å². The Kier molecular flexibility index (Phi) is 6.11. The van der Waals surface area contributed by atoms with Crippen LogP contribution >= 0.6 is 0 Å². The summed E-state index contributed by atoms with van der Waals surface area (Å²) in [5.74, 6) is 2.22. The van der Waals surface area contributed by atoms with Crippen LogP contribution in [0.3, 0.4) is 0 Å². The Balaban J connectivity index is 1.42. The zero-order valence-corrected chi connectivity index (χ0v) is 18.1. The second kappa shape index (κ2) is 8.78. The Hall–Kier alpha value is -2.38. The van der Waals surface area contributed by atoms with Crippen molar-refractivity contribution in [2.45, 2.75) is 51.5 Å². The second-order valence-corrected chi connectivity index (χ2v) is 8.77. The summed E-state index contributed by atoms with van der Waals surface area (Å²) in [6.45, 7) is 8.08. The van der Waals surface area contributed by atoms with Crippen LogP contribution in [0.5, 0.6) is 5.75 Å². The highest BCUT2D eigenvalue weighted by Crippen LogP contribution is 2.40. The first-order chi connectivity index (χ1) is 14.5. The van der Waals surface area contributed by atoms with Gasteiger partial charge < -0.3 is 19.4 Å². The van der Waals surface area contributed by atoms with Crippen LogP contribution < -0.4 is 10.1 Å². The maximum Gasteiger partial charge on any atom is 0.251 e. The van der Waals surface area contributed by atoms with Gasteiger partial charge in [0.05, 0.1) is 13.7 Å². The lowest BCUT2D eigenvalue weighted by Crippen LogP contribution is -2.54. The number of imidazole rings is 1. The highest BCUT2D eigenvalue weighted by atomic mass is 16.5. The van der Waals surface area contributed by atoms with E-state index in [0.29, 0.717) is 19.0 Å². The Labute approximate surface area is 178 Å². The molecular formula is C23H32N4O3. The fourth-order valence-corrected chi connectivity index (χ4v) is 4.35. The molecule has 1 saturated heterocycles. The van der Waals surface area contributed by atoms with Crippen molar-refractivity contribution in [2.24, 2.45) is 5.92 Å². The molecule has 0 saturated carbocycles. The third-order valence-electron chi connectivity index (χ3n) is 6.06. The average Bonchev–Trinajstić information content (AvgIpc) is 3.24. The number of nitrogens with zero attached hydrogens (tertiary/aromatic N) is 3. The minimum Gasteiger partial charge on any atom is -0.497 e. The molecule has 1 spiro atoms. The summed E-state index contributed by atoms with van der Waals surface area (Å²) in [4.78, 5) is 19.8. The first kappa shape index (κ1) is 20.9. The fourth-order valence-electron chi connectivity index (χ4n) is 4.35. The van der Waals surface area contributed by atoms with Crippen LogP contribution in [0.25, 0.3) is 0 Å². The molecule has 1 aromatic heterocycles. The van der Waals surface area contributed by atoms with Gasteiger partial charge in [0.2, 0.25) is 0 Å². The Morgan fingerprint density at radius 2 is 2.03 bits per heavy atom. The van der Waals surface area contributed by atoms with E-state index in [1.807, 2.05) is 24.5 Å². The van der Waals surface area contributed by atoms with Gasteiger partial charge in [-0.25, -0.2) is 4.98 Å². The molecule has 1 atom stereocenters. The van der Waals surface area contributed by atoms with Crippen LogP contribution in [-0.4, -0.2) is 53.2 Å². The maximum atomic E-state index is 12.7. The van der Waals surface area contributed by atoms with Gasteiger partial charge in [0.25, 0.3) is 5.91 Å². The van der Waals surface area contributed by atoms with Crippen molar-refractivity contribution in [3.05, 3.63) is 48.0 Å². The molecule has 3 heterocycles. The Bertz CT molecular complexity index is 854. The number of methoxy groups -OCH3 is 1. The molecule has 0 radical (unpaired) electrons. The van der Waals surface area contributed by atoms with Crippen molar-refractivity contribution < 1.29 is 14.3 Å². The molecule has 1 fully saturated rings. The lowest BCUT2D eigenvalue weighted by Gasteiger charge is -2.45. The normalized spacial score (nSPS) is 20.9. The number of hydrogen-bond acceptors (Lipinski definition) is 5. The van der Waals surface area contributed by atoms with Crippen LogP contribution in [0.2, 0.25) is 0 Å². The summed E-state index contributed by atoms with van der Waals surface area (Å²) in [7, 11) is 1.68. The van der Waals surface area contributed by atoms with Crippen LogP contribution in [0.4, 0.5) is 0 Å². The number of fused-ring (bicyclic) bond motifs is 2. The molecule has 0 aliphatic carbocycles. The van der Waals surface area contributed by atoms with Crippen LogP contribution in [0.1, 0.15) is 38.1 Å². The standard InChI is InChI=1S/C23H32N4O3/c1-17(2)14-25-21(28)20-16-27-13-10-24-22(27)23(30-20)8-11-26(12-9-23)15-18-4-6-19(29-3)7-5-18/h4-7,10,13,17,20H,8-9,11-12,14-16H2,1-3H3,(H,25,28).